The summed E-state index contributed by atoms with van der Waals surface area (Å²) >= 11 is 0. The summed E-state index contributed by atoms with van der Waals surface area (Å²) in [6.07, 6.45) is 0.806. The molecule has 0 aromatic carbocycles. The lowest BCUT2D eigenvalue weighted by atomic mass is 10.8. The fourth-order valence-electron chi connectivity index (χ4n) is 0. The van der Waals surface area contributed by atoms with E-state index in [4.69, 9.17) is 15.3 Å². The van der Waals surface area contributed by atoms with Gasteiger partial charge in [-0.2, -0.15) is 0 Å². The van der Waals surface area contributed by atoms with Gasteiger partial charge in [0.2, 0.25) is 0 Å². The van der Waals surface area contributed by atoms with E-state index >= 15 is 0 Å². The minimum Gasteiger partial charge on any atom is -0.279 e. The molecule has 2 radical (unpaired) electrons. The first kappa shape index (κ1) is 4.14. The van der Waals surface area contributed by atoms with E-state index in [-0.39, 0.29) is 0 Å². The molecule has 3 nitrogen and oxygen atoms in total. The molecular formula is C2HNO2. The Kier molecular flexibility index (Phi) is 1.21. The van der Waals surface area contributed by atoms with Crippen LogP contribution in [0.25, 0.3) is 0 Å². The van der Waals surface area contributed by atoms with Gasteiger partial charge in [-0.05, 0) is 0 Å². The van der Waals surface area contributed by atoms with Gasteiger partial charge in [0, 0.05) is 0 Å². The Bertz CT molecular complexity index is 58.7. The number of amides is 1. The van der Waals surface area contributed by atoms with Crippen molar-refractivity contribution in [2.45, 2.75) is 0 Å². The molecule has 1 N–H and O–H groups in total. The van der Waals surface area contributed by atoms with Crippen molar-refractivity contribution in [3.8, 4) is 0 Å². The van der Waals surface area contributed by atoms with Gasteiger partial charge in [0.1, 0.15) is 0 Å². The second-order valence-corrected chi connectivity index (χ2v) is 0.431. The summed E-state index contributed by atoms with van der Waals surface area (Å²) in [5.74, 6) is -1.30. The number of hydrogen-bond acceptors (Lipinski definition) is 2. The van der Waals surface area contributed by atoms with E-state index in [1.165, 1.54) is 0 Å². The van der Waals surface area contributed by atoms with Gasteiger partial charge in [-0.1, -0.05) is 0 Å². The van der Waals surface area contributed by atoms with E-state index in [9.17, 15) is 0 Å². The third-order valence-electron chi connectivity index (χ3n) is 0.0927. The molecule has 0 rings (SSSR count). The second kappa shape index (κ2) is 1.46. The Hall–Kier alpha value is -0.860. The maximum atomic E-state index is 9.06. The maximum absolute atomic E-state index is 9.06. The predicted octanol–water partition coefficient (Wildman–Crippen LogP) is -1.09. The number of rotatable bonds is 1. The van der Waals surface area contributed by atoms with Crippen molar-refractivity contribution in [2.24, 2.45) is 0 Å². The second-order valence-electron chi connectivity index (χ2n) is 0.431. The van der Waals surface area contributed by atoms with Gasteiger partial charge < -0.3 is 0 Å². The van der Waals surface area contributed by atoms with Crippen LogP contribution in [0.2, 0.25) is 0 Å². The van der Waals surface area contributed by atoms with Crippen LogP contribution < -0.4 is 5.73 Å². The molecule has 0 saturated heterocycles. The van der Waals surface area contributed by atoms with Crippen LogP contribution in [0.3, 0.4) is 0 Å². The van der Waals surface area contributed by atoms with Crippen molar-refractivity contribution in [1.82, 2.24) is 5.73 Å². The van der Waals surface area contributed by atoms with E-state index in [0.717, 1.165) is 6.29 Å². The van der Waals surface area contributed by atoms with Crippen LogP contribution in [-0.2, 0) is 9.59 Å². The molecule has 0 bridgehead atoms. The topological polar surface area (TPSA) is 57.9 Å². The van der Waals surface area contributed by atoms with Crippen LogP contribution in [0.4, 0.5) is 0 Å². The van der Waals surface area contributed by atoms with Gasteiger partial charge in [0.15, 0.2) is 0 Å². The monoisotopic (exact) mass is 71.0 g/mol. The fraction of sp³-hybridized carbons (Fsp3) is 0. The molecule has 3 heteroatoms. The molecule has 0 aromatic rings. The smallest absolute Gasteiger partial charge is 0.279 e. The zero-order valence-electron chi connectivity index (χ0n) is 2.32. The highest BCUT2D eigenvalue weighted by molar-refractivity contribution is 6.22. The molecule has 0 aromatic heterocycles. The van der Waals surface area contributed by atoms with Gasteiger partial charge >= 0.3 is 5.91 Å². The van der Waals surface area contributed by atoms with Gasteiger partial charge in [0.05, 0.1) is 0 Å². The van der Waals surface area contributed by atoms with Crippen molar-refractivity contribution in [3.05, 3.63) is 0 Å². The van der Waals surface area contributed by atoms with Crippen molar-refractivity contribution in [3.63, 3.8) is 0 Å². The zero-order valence-corrected chi connectivity index (χ0v) is 2.32. The van der Waals surface area contributed by atoms with Gasteiger partial charge in [0.25, 0.3) is 6.29 Å². The minimum atomic E-state index is -1.30. The lowest BCUT2D eigenvalue weighted by Gasteiger charge is -1.54. The van der Waals surface area contributed by atoms with Crippen molar-refractivity contribution in [1.29, 1.82) is 0 Å². The average molecular weight is 71.0 g/mol. The Morgan fingerprint density at radius 1 is 1.80 bits per heavy atom. The summed E-state index contributed by atoms with van der Waals surface area (Å²) in [5, 5.41) is 0. The van der Waals surface area contributed by atoms with E-state index in [1.54, 1.807) is 0 Å². The van der Waals surface area contributed by atoms with Gasteiger partial charge in [-0.25, -0.2) is 0 Å². The standard InChI is InChI=1S/C2HNO2/c3-2(5)1-4/h3H. The van der Waals surface area contributed by atoms with E-state index in [0.29, 0.717) is 0 Å². The molecule has 0 saturated carbocycles. The van der Waals surface area contributed by atoms with Gasteiger partial charge in [-0.3, -0.25) is 15.3 Å². The van der Waals surface area contributed by atoms with Crippen LogP contribution in [-0.4, -0.2) is 12.2 Å². The fourth-order valence-corrected chi connectivity index (χ4v) is 0. The van der Waals surface area contributed by atoms with E-state index in [2.05, 4.69) is 0 Å². The number of hydrogen-bond donors (Lipinski definition) is 0. The summed E-state index contributed by atoms with van der Waals surface area (Å²) in [7, 11) is 0. The van der Waals surface area contributed by atoms with Gasteiger partial charge in [-0.15, -0.1) is 0 Å². The third-order valence-corrected chi connectivity index (χ3v) is 0.0927. The van der Waals surface area contributed by atoms with Crippen LogP contribution in [0.1, 0.15) is 0 Å². The van der Waals surface area contributed by atoms with Crippen molar-refractivity contribution in [2.75, 3.05) is 0 Å². The normalized spacial score (nSPS) is 6.40. The predicted molar refractivity (Wildman–Crippen MR) is 13.8 cm³/mol. The first-order valence-electron chi connectivity index (χ1n) is 0.908. The molecule has 0 spiro atoms. The summed E-state index contributed by atoms with van der Waals surface area (Å²) in [4.78, 5) is 17.9. The molecular weight excluding hydrogens is 70.0 g/mol. The summed E-state index contributed by atoms with van der Waals surface area (Å²) in [6, 6.07) is 0. The van der Waals surface area contributed by atoms with Crippen LogP contribution in [0.5, 0.6) is 0 Å². The minimum absolute atomic E-state index is 0.806. The lowest BCUT2D eigenvalue weighted by Crippen LogP contribution is -1.95. The molecule has 0 unspecified atom stereocenters. The van der Waals surface area contributed by atoms with Crippen molar-refractivity contribution < 1.29 is 9.59 Å². The number of carbonyl (C=O) groups is 1. The Labute approximate surface area is 28.8 Å². The average Bonchev–Trinajstić information content (AvgIpc) is 1.38. The Morgan fingerprint density at radius 2 is 2.00 bits per heavy atom. The lowest BCUT2D eigenvalue weighted by molar-refractivity contribution is -0.112. The molecule has 0 aliphatic carbocycles. The van der Waals surface area contributed by atoms with Crippen LogP contribution in [0, 0.1) is 0 Å². The first-order chi connectivity index (χ1) is 2.27. The van der Waals surface area contributed by atoms with E-state index in [1.807, 2.05) is 0 Å². The summed E-state index contributed by atoms with van der Waals surface area (Å²) < 4.78 is 0. The largest absolute Gasteiger partial charge is 0.314 e. The quantitative estimate of drug-likeness (QED) is 0.368. The molecule has 5 heavy (non-hydrogen) atoms. The molecule has 0 atom stereocenters. The maximum Gasteiger partial charge on any atom is 0.314 e. The summed E-state index contributed by atoms with van der Waals surface area (Å²) in [6.45, 7) is 0. The zero-order chi connectivity index (χ0) is 4.28. The highest BCUT2D eigenvalue weighted by Gasteiger charge is 1.82. The third kappa shape index (κ3) is 3.14. The Balaban J connectivity index is 3.20. The Morgan fingerprint density at radius 3 is 2.00 bits per heavy atom. The highest BCUT2D eigenvalue weighted by atomic mass is 16.2. The van der Waals surface area contributed by atoms with Crippen LogP contribution >= 0.6 is 0 Å². The molecule has 0 heterocycles. The van der Waals surface area contributed by atoms with Crippen LogP contribution in [0.15, 0.2) is 0 Å². The molecule has 0 aliphatic rings. The summed E-state index contributed by atoms with van der Waals surface area (Å²) in [5.41, 5.74) is 5.76. The SMILES string of the molecule is [NH]C(=O)[C]=O. The molecule has 26 valence electrons. The van der Waals surface area contributed by atoms with Crippen molar-refractivity contribution >= 4 is 12.2 Å². The van der Waals surface area contributed by atoms with E-state index < -0.39 is 5.91 Å². The molecule has 1 amide bonds. The highest BCUT2D eigenvalue weighted by Crippen LogP contribution is 1.36. The first-order valence-corrected chi connectivity index (χ1v) is 0.908. The molecule has 0 fully saturated rings. The number of carbonyl (C=O) groups excluding carboxylic acids is 2. The molecule has 0 aliphatic heterocycles. The number of nitrogens with one attached hydrogen (secondary N) is 1.